The predicted molar refractivity (Wildman–Crippen MR) is 49.4 cm³/mol. The van der Waals surface area contributed by atoms with Crippen molar-refractivity contribution in [2.75, 3.05) is 6.54 Å². The summed E-state index contributed by atoms with van der Waals surface area (Å²) in [4.78, 5) is 22.1. The Kier molecular flexibility index (Phi) is 4.40. The van der Waals surface area contributed by atoms with Crippen LogP contribution in [0, 0.1) is 5.41 Å². The van der Waals surface area contributed by atoms with Gasteiger partial charge >= 0.3 is 0 Å². The van der Waals surface area contributed by atoms with E-state index in [0.29, 0.717) is 0 Å². The van der Waals surface area contributed by atoms with Gasteiger partial charge in [-0.2, -0.15) is 0 Å². The smallest absolute Gasteiger partial charge is 0.243 e. The van der Waals surface area contributed by atoms with Gasteiger partial charge < -0.3 is 5.73 Å². The van der Waals surface area contributed by atoms with Crippen molar-refractivity contribution in [3.63, 3.8) is 0 Å². The van der Waals surface area contributed by atoms with Gasteiger partial charge in [-0.1, -0.05) is 20.8 Å². The minimum atomic E-state index is -0.504. The third-order valence-electron chi connectivity index (χ3n) is 1.37. The first-order chi connectivity index (χ1) is 5.88. The maximum atomic E-state index is 11.2. The topological polar surface area (TPSA) is 84.2 Å². The molecule has 0 aromatic carbocycles. The molecule has 0 fully saturated rings. The van der Waals surface area contributed by atoms with Gasteiger partial charge in [0.15, 0.2) is 0 Å². The lowest BCUT2D eigenvalue weighted by Crippen LogP contribution is -2.46. The number of nitrogens with two attached hydrogens (primary N) is 1. The third-order valence-corrected chi connectivity index (χ3v) is 1.37. The molecule has 0 radical (unpaired) electrons. The molecule has 4 N–H and O–H groups in total. The lowest BCUT2D eigenvalue weighted by Gasteiger charge is -2.17. The van der Waals surface area contributed by atoms with Crippen LogP contribution in [-0.2, 0) is 9.59 Å². The van der Waals surface area contributed by atoms with Crippen LogP contribution in [0.4, 0.5) is 0 Å². The van der Waals surface area contributed by atoms with Gasteiger partial charge in [0.25, 0.3) is 0 Å². The highest BCUT2D eigenvalue weighted by Crippen LogP contribution is 2.11. The van der Waals surface area contributed by atoms with Crippen LogP contribution in [0.2, 0.25) is 0 Å². The van der Waals surface area contributed by atoms with Gasteiger partial charge in [0.2, 0.25) is 11.8 Å². The molecular formula is C8H17N3O2. The number of hydrazine groups is 1. The van der Waals surface area contributed by atoms with Crippen molar-refractivity contribution in [2.24, 2.45) is 11.1 Å². The molecule has 2 amide bonds. The van der Waals surface area contributed by atoms with E-state index in [1.165, 1.54) is 0 Å². The van der Waals surface area contributed by atoms with E-state index < -0.39 is 5.41 Å². The standard InChI is InChI=1S/C8H17N3O2/c1-8(2,3)7(13)11-10-6(12)4-5-9/h4-5,9H2,1-3H3,(H,10,12)(H,11,13). The maximum Gasteiger partial charge on any atom is 0.243 e. The van der Waals surface area contributed by atoms with Crippen LogP contribution in [0.3, 0.4) is 0 Å². The number of carbonyl (C=O) groups excluding carboxylic acids is 2. The Morgan fingerprint density at radius 2 is 1.77 bits per heavy atom. The summed E-state index contributed by atoms with van der Waals surface area (Å²) in [5.41, 5.74) is 9.23. The van der Waals surface area contributed by atoms with Crippen molar-refractivity contribution in [3.05, 3.63) is 0 Å². The summed E-state index contributed by atoms with van der Waals surface area (Å²) < 4.78 is 0. The molecule has 0 spiro atoms. The molecule has 0 aliphatic carbocycles. The molecule has 0 rings (SSSR count). The van der Waals surface area contributed by atoms with Gasteiger partial charge in [-0.05, 0) is 0 Å². The van der Waals surface area contributed by atoms with Crippen LogP contribution in [0.15, 0.2) is 0 Å². The number of amides is 2. The molecule has 0 heterocycles. The van der Waals surface area contributed by atoms with Gasteiger partial charge in [0.05, 0.1) is 0 Å². The van der Waals surface area contributed by atoms with Gasteiger partial charge in [0, 0.05) is 18.4 Å². The van der Waals surface area contributed by atoms with Crippen LogP contribution in [0.5, 0.6) is 0 Å². The number of nitrogens with one attached hydrogen (secondary N) is 2. The van der Waals surface area contributed by atoms with Crippen molar-refractivity contribution in [2.45, 2.75) is 27.2 Å². The maximum absolute atomic E-state index is 11.2. The minimum Gasteiger partial charge on any atom is -0.330 e. The zero-order valence-corrected chi connectivity index (χ0v) is 8.31. The predicted octanol–water partition coefficient (Wildman–Crippen LogP) is -0.471. The summed E-state index contributed by atoms with van der Waals surface area (Å²) in [7, 11) is 0. The first kappa shape index (κ1) is 11.9. The molecule has 0 aromatic heterocycles. The molecule has 0 saturated heterocycles. The van der Waals surface area contributed by atoms with E-state index in [1.807, 2.05) is 0 Å². The number of hydrogen-bond acceptors (Lipinski definition) is 3. The van der Waals surface area contributed by atoms with Crippen molar-refractivity contribution in [3.8, 4) is 0 Å². The zero-order valence-electron chi connectivity index (χ0n) is 8.31. The fourth-order valence-corrected chi connectivity index (χ4v) is 0.508. The molecule has 0 aromatic rings. The van der Waals surface area contributed by atoms with Crippen molar-refractivity contribution in [1.82, 2.24) is 10.9 Å². The van der Waals surface area contributed by atoms with E-state index in [0.717, 1.165) is 0 Å². The second kappa shape index (κ2) is 4.81. The Hall–Kier alpha value is -1.10. The van der Waals surface area contributed by atoms with Crippen molar-refractivity contribution in [1.29, 1.82) is 0 Å². The molecule has 5 heteroatoms. The molecule has 0 atom stereocenters. The Labute approximate surface area is 78.0 Å². The third kappa shape index (κ3) is 5.19. The van der Waals surface area contributed by atoms with Crippen molar-refractivity contribution >= 4 is 11.8 Å². The largest absolute Gasteiger partial charge is 0.330 e. The molecule has 0 aliphatic rings. The molecule has 76 valence electrons. The van der Waals surface area contributed by atoms with Crippen molar-refractivity contribution < 1.29 is 9.59 Å². The Morgan fingerprint density at radius 3 is 2.15 bits per heavy atom. The number of rotatable bonds is 2. The second-order valence-corrected chi connectivity index (χ2v) is 3.79. The van der Waals surface area contributed by atoms with Crippen LogP contribution >= 0.6 is 0 Å². The molecule has 0 saturated carbocycles. The molecule has 13 heavy (non-hydrogen) atoms. The first-order valence-corrected chi connectivity index (χ1v) is 4.17. The highest BCUT2D eigenvalue weighted by atomic mass is 16.2. The molecule has 0 unspecified atom stereocenters. The van der Waals surface area contributed by atoms with Gasteiger partial charge in [-0.25, -0.2) is 0 Å². The molecule has 0 aliphatic heterocycles. The van der Waals surface area contributed by atoms with E-state index in [1.54, 1.807) is 20.8 Å². The van der Waals surface area contributed by atoms with Gasteiger partial charge in [0.1, 0.15) is 0 Å². The fourth-order valence-electron chi connectivity index (χ4n) is 0.508. The van der Waals surface area contributed by atoms with Crippen LogP contribution in [0.1, 0.15) is 27.2 Å². The normalized spacial score (nSPS) is 10.8. The summed E-state index contributed by atoms with van der Waals surface area (Å²) in [5, 5.41) is 0. The average Bonchev–Trinajstić information content (AvgIpc) is 1.99. The highest BCUT2D eigenvalue weighted by Gasteiger charge is 2.21. The quantitative estimate of drug-likeness (QED) is 0.511. The minimum absolute atomic E-state index is 0.213. The van der Waals surface area contributed by atoms with Gasteiger partial charge in [-0.3, -0.25) is 20.4 Å². The lowest BCUT2D eigenvalue weighted by atomic mass is 9.96. The second-order valence-electron chi connectivity index (χ2n) is 3.79. The van der Waals surface area contributed by atoms with E-state index >= 15 is 0 Å². The SMILES string of the molecule is CC(C)(C)C(=O)NNC(=O)CCN. The van der Waals surface area contributed by atoms with Crippen LogP contribution in [-0.4, -0.2) is 18.4 Å². The molecular weight excluding hydrogens is 170 g/mol. The summed E-state index contributed by atoms with van der Waals surface area (Å²) in [6.07, 6.45) is 0.213. The highest BCUT2D eigenvalue weighted by molar-refractivity contribution is 5.84. The monoisotopic (exact) mass is 187 g/mol. The Balaban J connectivity index is 3.77. The summed E-state index contributed by atoms with van der Waals surface area (Å²) >= 11 is 0. The first-order valence-electron chi connectivity index (χ1n) is 4.17. The summed E-state index contributed by atoms with van der Waals surface area (Å²) in [5.74, 6) is -0.502. The van der Waals surface area contributed by atoms with Crippen LogP contribution < -0.4 is 16.6 Å². The Morgan fingerprint density at radius 1 is 1.23 bits per heavy atom. The van der Waals surface area contributed by atoms with E-state index in [2.05, 4.69) is 10.9 Å². The van der Waals surface area contributed by atoms with E-state index in [-0.39, 0.29) is 24.8 Å². The average molecular weight is 187 g/mol. The fraction of sp³-hybridized carbons (Fsp3) is 0.750. The van der Waals surface area contributed by atoms with Crippen LogP contribution in [0.25, 0.3) is 0 Å². The zero-order chi connectivity index (χ0) is 10.5. The Bertz CT molecular complexity index is 196. The number of carbonyl (C=O) groups is 2. The number of hydrogen-bond donors (Lipinski definition) is 3. The van der Waals surface area contributed by atoms with E-state index in [9.17, 15) is 9.59 Å². The summed E-state index contributed by atoms with van der Waals surface area (Å²) in [6, 6.07) is 0. The van der Waals surface area contributed by atoms with E-state index in [4.69, 9.17) is 5.73 Å². The lowest BCUT2D eigenvalue weighted by molar-refractivity contribution is -0.133. The van der Waals surface area contributed by atoms with Gasteiger partial charge in [-0.15, -0.1) is 0 Å². The summed E-state index contributed by atoms with van der Waals surface area (Å²) in [6.45, 7) is 5.56. The molecule has 0 bridgehead atoms. The molecule has 5 nitrogen and oxygen atoms in total.